The van der Waals surface area contributed by atoms with Crippen molar-refractivity contribution in [1.29, 1.82) is 0 Å². The standard InChI is InChI=1S/C14H14O3S2/c1-3-6-12-7-4-5-8-13(12)17-19(15,16)14-10-9-11(2)18-14/h3-5,7-10H,1,6H2,2H3. The van der Waals surface area contributed by atoms with E-state index in [1.54, 1.807) is 30.3 Å². The molecule has 0 saturated carbocycles. The van der Waals surface area contributed by atoms with Crippen molar-refractivity contribution in [3.63, 3.8) is 0 Å². The van der Waals surface area contributed by atoms with Crippen molar-refractivity contribution >= 4 is 21.5 Å². The first-order valence-corrected chi connectivity index (χ1v) is 7.95. The number of hydrogen-bond donors (Lipinski definition) is 0. The summed E-state index contributed by atoms with van der Waals surface area (Å²) in [6.07, 6.45) is 2.28. The van der Waals surface area contributed by atoms with E-state index in [1.807, 2.05) is 19.1 Å². The Morgan fingerprint density at radius 3 is 2.63 bits per heavy atom. The highest BCUT2D eigenvalue weighted by Crippen LogP contribution is 2.27. The summed E-state index contributed by atoms with van der Waals surface area (Å²) in [4.78, 5) is 0.932. The van der Waals surface area contributed by atoms with Gasteiger partial charge in [-0.15, -0.1) is 17.9 Å². The molecule has 100 valence electrons. The van der Waals surface area contributed by atoms with Crippen LogP contribution in [0.15, 0.2) is 53.3 Å². The Kier molecular flexibility index (Phi) is 4.07. The minimum atomic E-state index is -3.75. The topological polar surface area (TPSA) is 43.4 Å². The Labute approximate surface area is 117 Å². The summed E-state index contributed by atoms with van der Waals surface area (Å²) in [5, 5.41) is 0. The summed E-state index contributed by atoms with van der Waals surface area (Å²) in [5.41, 5.74) is 0.800. The highest BCUT2D eigenvalue weighted by molar-refractivity contribution is 7.89. The van der Waals surface area contributed by atoms with Crippen LogP contribution in [0.5, 0.6) is 5.75 Å². The zero-order valence-corrected chi connectivity index (χ0v) is 12.1. The van der Waals surface area contributed by atoms with E-state index >= 15 is 0 Å². The fraction of sp³-hybridized carbons (Fsp3) is 0.143. The number of aryl methyl sites for hydroxylation is 1. The van der Waals surface area contributed by atoms with Gasteiger partial charge in [-0.05, 0) is 37.1 Å². The maximum atomic E-state index is 12.1. The van der Waals surface area contributed by atoms with Crippen molar-refractivity contribution in [1.82, 2.24) is 0 Å². The SMILES string of the molecule is C=CCc1ccccc1OS(=O)(=O)c1ccc(C)s1. The Hall–Kier alpha value is -1.59. The van der Waals surface area contributed by atoms with Crippen LogP contribution >= 0.6 is 11.3 Å². The van der Waals surface area contributed by atoms with Gasteiger partial charge in [0.2, 0.25) is 0 Å². The summed E-state index contributed by atoms with van der Waals surface area (Å²) in [5.74, 6) is 0.355. The van der Waals surface area contributed by atoms with Gasteiger partial charge in [0, 0.05) is 4.88 Å². The molecule has 0 amide bonds. The zero-order valence-electron chi connectivity index (χ0n) is 10.5. The quantitative estimate of drug-likeness (QED) is 0.625. The van der Waals surface area contributed by atoms with E-state index in [0.717, 1.165) is 10.4 Å². The first-order valence-electron chi connectivity index (χ1n) is 5.72. The van der Waals surface area contributed by atoms with E-state index in [0.29, 0.717) is 12.2 Å². The number of para-hydroxylation sites is 1. The van der Waals surface area contributed by atoms with Crippen molar-refractivity contribution in [2.75, 3.05) is 0 Å². The molecule has 3 nitrogen and oxygen atoms in total. The molecule has 1 aromatic heterocycles. The minimum Gasteiger partial charge on any atom is -0.378 e. The van der Waals surface area contributed by atoms with Crippen LogP contribution in [0.1, 0.15) is 10.4 Å². The molecule has 2 rings (SSSR count). The van der Waals surface area contributed by atoms with Crippen LogP contribution in [0, 0.1) is 6.92 Å². The Bertz CT molecular complexity index is 684. The normalized spacial score (nSPS) is 11.2. The second-order valence-electron chi connectivity index (χ2n) is 4.00. The van der Waals surface area contributed by atoms with Crippen molar-refractivity contribution in [2.24, 2.45) is 0 Å². The number of rotatable bonds is 5. The second-order valence-corrected chi connectivity index (χ2v) is 7.06. The van der Waals surface area contributed by atoms with E-state index in [9.17, 15) is 8.42 Å². The third-order valence-corrected chi connectivity index (χ3v) is 5.18. The molecule has 0 aliphatic carbocycles. The number of hydrogen-bond acceptors (Lipinski definition) is 4. The first kappa shape index (κ1) is 13.8. The van der Waals surface area contributed by atoms with Gasteiger partial charge in [0.15, 0.2) is 4.21 Å². The summed E-state index contributed by atoms with van der Waals surface area (Å²) >= 11 is 1.20. The van der Waals surface area contributed by atoms with Crippen LogP contribution in [0.3, 0.4) is 0 Å². The highest BCUT2D eigenvalue weighted by atomic mass is 32.3. The molecular weight excluding hydrogens is 280 g/mol. The second kappa shape index (κ2) is 5.59. The van der Waals surface area contributed by atoms with Gasteiger partial charge in [-0.2, -0.15) is 8.42 Å². The largest absolute Gasteiger partial charge is 0.378 e. The van der Waals surface area contributed by atoms with Crippen LogP contribution < -0.4 is 4.18 Å². The minimum absolute atomic E-state index is 0.221. The maximum absolute atomic E-state index is 12.1. The molecule has 0 bridgehead atoms. The summed E-state index contributed by atoms with van der Waals surface area (Å²) in [7, 11) is -3.75. The predicted molar refractivity (Wildman–Crippen MR) is 77.2 cm³/mol. The molecule has 0 spiro atoms. The van der Waals surface area contributed by atoms with Crippen LogP contribution in [-0.4, -0.2) is 8.42 Å². The lowest BCUT2D eigenvalue weighted by Crippen LogP contribution is -2.09. The summed E-state index contributed by atoms with van der Waals surface area (Å²) < 4.78 is 29.7. The van der Waals surface area contributed by atoms with Gasteiger partial charge in [-0.25, -0.2) is 0 Å². The van der Waals surface area contributed by atoms with Gasteiger partial charge >= 0.3 is 10.1 Å². The monoisotopic (exact) mass is 294 g/mol. The molecule has 0 saturated heterocycles. The van der Waals surface area contributed by atoms with Gasteiger partial charge in [0.25, 0.3) is 0 Å². The van der Waals surface area contributed by atoms with Gasteiger partial charge in [-0.3, -0.25) is 0 Å². The highest BCUT2D eigenvalue weighted by Gasteiger charge is 2.19. The molecule has 0 aliphatic rings. The van der Waals surface area contributed by atoms with Crippen LogP contribution in [0.25, 0.3) is 0 Å². The molecule has 0 N–H and O–H groups in total. The van der Waals surface area contributed by atoms with Crippen LogP contribution in [0.4, 0.5) is 0 Å². The molecule has 19 heavy (non-hydrogen) atoms. The van der Waals surface area contributed by atoms with Gasteiger partial charge in [0.1, 0.15) is 5.75 Å². The van der Waals surface area contributed by atoms with Crippen LogP contribution in [0.2, 0.25) is 0 Å². The molecule has 0 aliphatic heterocycles. The molecular formula is C14H14O3S2. The van der Waals surface area contributed by atoms with E-state index in [4.69, 9.17) is 4.18 Å². The molecule has 0 atom stereocenters. The summed E-state index contributed by atoms with van der Waals surface area (Å²) in [6.45, 7) is 5.51. The van der Waals surface area contributed by atoms with Gasteiger partial charge < -0.3 is 4.18 Å². The maximum Gasteiger partial charge on any atom is 0.348 e. The summed E-state index contributed by atoms with van der Waals surface area (Å²) in [6, 6.07) is 10.4. The average Bonchev–Trinajstić information content (AvgIpc) is 2.79. The average molecular weight is 294 g/mol. The first-order chi connectivity index (χ1) is 9.03. The number of allylic oxidation sites excluding steroid dienone is 1. The lowest BCUT2D eigenvalue weighted by Gasteiger charge is -2.09. The number of benzene rings is 1. The van der Waals surface area contributed by atoms with E-state index in [-0.39, 0.29) is 4.21 Å². The van der Waals surface area contributed by atoms with Crippen molar-refractivity contribution in [2.45, 2.75) is 17.6 Å². The smallest absolute Gasteiger partial charge is 0.348 e. The molecule has 0 unspecified atom stereocenters. The van der Waals surface area contributed by atoms with E-state index in [2.05, 4.69) is 6.58 Å². The fourth-order valence-corrected chi connectivity index (χ4v) is 3.82. The van der Waals surface area contributed by atoms with E-state index in [1.165, 1.54) is 11.3 Å². The molecule has 0 fully saturated rings. The Morgan fingerprint density at radius 2 is 2.00 bits per heavy atom. The Morgan fingerprint density at radius 1 is 1.26 bits per heavy atom. The van der Waals surface area contributed by atoms with Gasteiger partial charge in [-0.1, -0.05) is 24.3 Å². The van der Waals surface area contributed by atoms with E-state index < -0.39 is 10.1 Å². The lowest BCUT2D eigenvalue weighted by atomic mass is 10.1. The molecule has 1 aromatic carbocycles. The molecule has 2 aromatic rings. The number of thiophene rings is 1. The third kappa shape index (κ3) is 3.24. The molecule has 1 heterocycles. The van der Waals surface area contributed by atoms with Crippen LogP contribution in [-0.2, 0) is 16.5 Å². The Balaban J connectivity index is 2.33. The predicted octanol–water partition coefficient (Wildman–Crippen LogP) is 3.55. The van der Waals surface area contributed by atoms with Crippen molar-refractivity contribution in [3.8, 4) is 5.75 Å². The third-order valence-electron chi connectivity index (χ3n) is 2.50. The fourth-order valence-electron chi connectivity index (χ4n) is 1.61. The zero-order chi connectivity index (χ0) is 13.9. The lowest BCUT2D eigenvalue weighted by molar-refractivity contribution is 0.486. The van der Waals surface area contributed by atoms with Crippen molar-refractivity contribution in [3.05, 3.63) is 59.5 Å². The van der Waals surface area contributed by atoms with Crippen molar-refractivity contribution < 1.29 is 12.6 Å². The van der Waals surface area contributed by atoms with Gasteiger partial charge in [0.05, 0.1) is 0 Å². The molecule has 5 heteroatoms. The molecule has 0 radical (unpaired) electrons.